The zero-order valence-corrected chi connectivity index (χ0v) is 10.1. The average Bonchev–Trinajstić information content (AvgIpc) is 2.29. The standard InChI is InChI=1S/C12H9BrN2O/c13-8-4-5-9-10(7-8)14-11-3-1-2-6-15(11)12(9)16/h1,3-5,7H,2,6H2. The van der Waals surface area contributed by atoms with Gasteiger partial charge in [-0.15, -0.1) is 0 Å². The molecule has 0 atom stereocenters. The van der Waals surface area contributed by atoms with Crippen molar-refractivity contribution in [1.29, 1.82) is 0 Å². The van der Waals surface area contributed by atoms with Crippen molar-refractivity contribution in [2.24, 2.45) is 0 Å². The van der Waals surface area contributed by atoms with Gasteiger partial charge in [-0.1, -0.05) is 22.0 Å². The van der Waals surface area contributed by atoms with Crippen molar-refractivity contribution in [1.82, 2.24) is 9.55 Å². The van der Waals surface area contributed by atoms with Gasteiger partial charge >= 0.3 is 0 Å². The van der Waals surface area contributed by atoms with Crippen molar-refractivity contribution >= 4 is 32.9 Å². The molecular weight excluding hydrogens is 268 g/mol. The zero-order chi connectivity index (χ0) is 11.1. The summed E-state index contributed by atoms with van der Waals surface area (Å²) in [5.41, 5.74) is 0.800. The van der Waals surface area contributed by atoms with Crippen LogP contribution >= 0.6 is 15.9 Å². The molecule has 0 saturated heterocycles. The number of aromatic nitrogens is 2. The third kappa shape index (κ3) is 1.41. The minimum absolute atomic E-state index is 0.0526. The number of allylic oxidation sites excluding steroid dienone is 1. The molecule has 0 fully saturated rings. The van der Waals surface area contributed by atoms with E-state index in [-0.39, 0.29) is 5.56 Å². The quantitative estimate of drug-likeness (QED) is 0.741. The molecule has 1 aromatic carbocycles. The Morgan fingerprint density at radius 1 is 1.38 bits per heavy atom. The molecule has 4 heteroatoms. The summed E-state index contributed by atoms with van der Waals surface area (Å²) in [6, 6.07) is 5.57. The molecule has 0 N–H and O–H groups in total. The SMILES string of the molecule is O=c1c2ccc(Br)cc2nc2n1CCC=C2. The summed E-state index contributed by atoms with van der Waals surface area (Å²) in [5, 5.41) is 0.683. The average molecular weight is 277 g/mol. The summed E-state index contributed by atoms with van der Waals surface area (Å²) in [6.45, 7) is 0.726. The van der Waals surface area contributed by atoms with E-state index < -0.39 is 0 Å². The molecule has 1 aliphatic rings. The molecule has 0 radical (unpaired) electrons. The predicted octanol–water partition coefficient (Wildman–Crippen LogP) is 2.58. The van der Waals surface area contributed by atoms with Crippen molar-refractivity contribution in [3.63, 3.8) is 0 Å². The van der Waals surface area contributed by atoms with Crippen molar-refractivity contribution < 1.29 is 0 Å². The van der Waals surface area contributed by atoms with Crippen LogP contribution in [0, 0.1) is 0 Å². The molecular formula is C12H9BrN2O. The second kappa shape index (κ2) is 3.56. The normalized spacial score (nSPS) is 14.1. The number of hydrogen-bond donors (Lipinski definition) is 0. The Labute approximate surface area is 101 Å². The first-order valence-electron chi connectivity index (χ1n) is 5.12. The maximum atomic E-state index is 12.2. The largest absolute Gasteiger partial charge is 0.292 e. The molecule has 80 valence electrons. The minimum Gasteiger partial charge on any atom is -0.292 e. The van der Waals surface area contributed by atoms with Gasteiger partial charge in [0.15, 0.2) is 0 Å². The van der Waals surface area contributed by atoms with Gasteiger partial charge < -0.3 is 0 Å². The van der Waals surface area contributed by atoms with E-state index >= 15 is 0 Å². The molecule has 0 aliphatic carbocycles. The van der Waals surface area contributed by atoms with Crippen LogP contribution in [0.1, 0.15) is 12.2 Å². The molecule has 0 saturated carbocycles. The molecule has 0 unspecified atom stereocenters. The molecule has 3 nitrogen and oxygen atoms in total. The van der Waals surface area contributed by atoms with Gasteiger partial charge in [0.2, 0.25) is 0 Å². The number of fused-ring (bicyclic) bond motifs is 2. The van der Waals surface area contributed by atoms with E-state index in [9.17, 15) is 4.79 Å². The van der Waals surface area contributed by atoms with Crippen LogP contribution in [0.5, 0.6) is 0 Å². The molecule has 3 rings (SSSR count). The smallest absolute Gasteiger partial charge is 0.261 e. The molecule has 2 heterocycles. The van der Waals surface area contributed by atoms with Crippen LogP contribution in [0.4, 0.5) is 0 Å². The van der Waals surface area contributed by atoms with Crippen LogP contribution in [-0.2, 0) is 6.54 Å². The third-order valence-corrected chi connectivity index (χ3v) is 3.23. The monoisotopic (exact) mass is 276 g/mol. The topological polar surface area (TPSA) is 34.9 Å². The van der Waals surface area contributed by atoms with Crippen LogP contribution in [0.25, 0.3) is 17.0 Å². The van der Waals surface area contributed by atoms with Gasteiger partial charge in [-0.2, -0.15) is 0 Å². The summed E-state index contributed by atoms with van der Waals surface area (Å²) in [7, 11) is 0. The lowest BCUT2D eigenvalue weighted by Gasteiger charge is -2.13. The van der Waals surface area contributed by atoms with Gasteiger partial charge in [-0.25, -0.2) is 4.98 Å². The van der Waals surface area contributed by atoms with Gasteiger partial charge in [0.05, 0.1) is 10.9 Å². The first kappa shape index (κ1) is 9.78. The summed E-state index contributed by atoms with van der Waals surface area (Å²) in [5.74, 6) is 0.752. The fraction of sp³-hybridized carbons (Fsp3) is 0.167. The van der Waals surface area contributed by atoms with E-state index in [2.05, 4.69) is 20.9 Å². The van der Waals surface area contributed by atoms with E-state index in [0.717, 1.165) is 28.8 Å². The summed E-state index contributed by atoms with van der Waals surface area (Å²) < 4.78 is 2.67. The summed E-state index contributed by atoms with van der Waals surface area (Å²) >= 11 is 3.39. The van der Waals surface area contributed by atoms with Gasteiger partial charge in [-0.05, 0) is 30.7 Å². The Bertz CT molecular complexity index is 658. The van der Waals surface area contributed by atoms with Gasteiger partial charge in [0, 0.05) is 11.0 Å². The number of benzene rings is 1. The number of nitrogens with zero attached hydrogens (tertiary/aromatic N) is 2. The lowest BCUT2D eigenvalue weighted by molar-refractivity contribution is 0.654. The highest BCUT2D eigenvalue weighted by Gasteiger charge is 2.10. The Morgan fingerprint density at radius 2 is 2.25 bits per heavy atom. The molecule has 2 aromatic rings. The maximum absolute atomic E-state index is 12.2. The van der Waals surface area contributed by atoms with Crippen LogP contribution in [0.15, 0.2) is 33.5 Å². The maximum Gasteiger partial charge on any atom is 0.261 e. The molecule has 1 aliphatic heterocycles. The van der Waals surface area contributed by atoms with E-state index in [1.807, 2.05) is 30.4 Å². The molecule has 0 bridgehead atoms. The van der Waals surface area contributed by atoms with Crippen molar-refractivity contribution in [3.8, 4) is 0 Å². The molecule has 0 amide bonds. The predicted molar refractivity (Wildman–Crippen MR) is 67.4 cm³/mol. The van der Waals surface area contributed by atoms with Gasteiger partial charge in [0.1, 0.15) is 5.82 Å². The highest BCUT2D eigenvalue weighted by Crippen LogP contribution is 2.17. The second-order valence-corrected chi connectivity index (χ2v) is 4.69. The first-order chi connectivity index (χ1) is 7.75. The highest BCUT2D eigenvalue weighted by molar-refractivity contribution is 9.10. The summed E-state index contributed by atoms with van der Waals surface area (Å²) in [6.07, 6.45) is 4.85. The molecule has 16 heavy (non-hydrogen) atoms. The van der Waals surface area contributed by atoms with Crippen molar-refractivity contribution in [3.05, 3.63) is 44.9 Å². The Kier molecular flexibility index (Phi) is 2.17. The van der Waals surface area contributed by atoms with E-state index in [0.29, 0.717) is 5.39 Å². The Balaban J connectivity index is 2.45. The zero-order valence-electron chi connectivity index (χ0n) is 8.48. The number of hydrogen-bond acceptors (Lipinski definition) is 2. The fourth-order valence-corrected chi connectivity index (χ4v) is 2.30. The van der Waals surface area contributed by atoms with E-state index in [1.54, 1.807) is 4.57 Å². The molecule has 1 aromatic heterocycles. The lowest BCUT2D eigenvalue weighted by Crippen LogP contribution is -2.25. The lowest BCUT2D eigenvalue weighted by atomic mass is 10.2. The van der Waals surface area contributed by atoms with Gasteiger partial charge in [-0.3, -0.25) is 9.36 Å². The van der Waals surface area contributed by atoms with E-state index in [4.69, 9.17) is 0 Å². The first-order valence-corrected chi connectivity index (χ1v) is 5.92. The van der Waals surface area contributed by atoms with E-state index in [1.165, 1.54) is 0 Å². The third-order valence-electron chi connectivity index (χ3n) is 2.73. The Hall–Kier alpha value is -1.42. The van der Waals surface area contributed by atoms with Crippen LogP contribution < -0.4 is 5.56 Å². The van der Waals surface area contributed by atoms with Crippen molar-refractivity contribution in [2.75, 3.05) is 0 Å². The van der Waals surface area contributed by atoms with Crippen LogP contribution in [-0.4, -0.2) is 9.55 Å². The molecule has 0 spiro atoms. The minimum atomic E-state index is 0.0526. The Morgan fingerprint density at radius 3 is 3.12 bits per heavy atom. The van der Waals surface area contributed by atoms with Crippen LogP contribution in [0.2, 0.25) is 0 Å². The fourth-order valence-electron chi connectivity index (χ4n) is 1.95. The van der Waals surface area contributed by atoms with Gasteiger partial charge in [0.25, 0.3) is 5.56 Å². The number of halogens is 1. The second-order valence-electron chi connectivity index (χ2n) is 3.78. The highest BCUT2D eigenvalue weighted by atomic mass is 79.9. The van der Waals surface area contributed by atoms with Crippen LogP contribution in [0.3, 0.4) is 0 Å². The van der Waals surface area contributed by atoms with Crippen molar-refractivity contribution in [2.45, 2.75) is 13.0 Å². The summed E-state index contributed by atoms with van der Waals surface area (Å²) in [4.78, 5) is 16.6. The number of rotatable bonds is 0.